The number of hydrogen-bond acceptors (Lipinski definition) is 2. The Bertz CT molecular complexity index is 56.0. The second-order valence-corrected chi connectivity index (χ2v) is 3.56. The van der Waals surface area contributed by atoms with Crippen molar-refractivity contribution in [3.05, 3.63) is 0 Å². The van der Waals surface area contributed by atoms with Crippen LogP contribution in [0.3, 0.4) is 0 Å². The molecular weight excluding hydrogens is 120 g/mol. The van der Waals surface area contributed by atoms with Gasteiger partial charge in [-0.3, -0.25) is 0 Å². The molecular formula is C6H14OS. The van der Waals surface area contributed by atoms with E-state index in [9.17, 15) is 0 Å². The standard InChI is InChI=1S/C6H14OS/c1-6(2,3)5-7-8-4/h5H2,1-4H3. The summed E-state index contributed by atoms with van der Waals surface area (Å²) in [5, 5.41) is 0. The van der Waals surface area contributed by atoms with Gasteiger partial charge in [-0.1, -0.05) is 20.8 Å². The fourth-order valence-corrected chi connectivity index (χ4v) is 0.707. The highest BCUT2D eigenvalue weighted by Gasteiger charge is 2.08. The molecule has 0 aromatic carbocycles. The van der Waals surface area contributed by atoms with E-state index in [2.05, 4.69) is 20.8 Å². The van der Waals surface area contributed by atoms with Gasteiger partial charge in [0, 0.05) is 6.26 Å². The topological polar surface area (TPSA) is 9.23 Å². The van der Waals surface area contributed by atoms with Gasteiger partial charge in [0.2, 0.25) is 0 Å². The molecule has 0 aromatic heterocycles. The predicted octanol–water partition coefficient (Wildman–Crippen LogP) is 2.33. The summed E-state index contributed by atoms with van der Waals surface area (Å²) in [4.78, 5) is 0. The van der Waals surface area contributed by atoms with E-state index < -0.39 is 0 Å². The molecule has 2 heteroatoms. The van der Waals surface area contributed by atoms with Crippen molar-refractivity contribution < 1.29 is 4.18 Å². The molecule has 0 saturated heterocycles. The Morgan fingerprint density at radius 2 is 1.88 bits per heavy atom. The lowest BCUT2D eigenvalue weighted by molar-refractivity contribution is 0.228. The van der Waals surface area contributed by atoms with E-state index in [0.717, 1.165) is 6.61 Å². The molecule has 0 aliphatic rings. The average molecular weight is 134 g/mol. The molecule has 0 fully saturated rings. The summed E-state index contributed by atoms with van der Waals surface area (Å²) in [6, 6.07) is 0. The first-order valence-corrected chi connectivity index (χ1v) is 3.87. The van der Waals surface area contributed by atoms with Gasteiger partial charge in [-0.25, -0.2) is 0 Å². The van der Waals surface area contributed by atoms with Gasteiger partial charge < -0.3 is 4.18 Å². The van der Waals surface area contributed by atoms with Crippen molar-refractivity contribution in [2.45, 2.75) is 20.8 Å². The molecule has 0 rings (SSSR count). The van der Waals surface area contributed by atoms with E-state index in [-0.39, 0.29) is 0 Å². The molecule has 0 aromatic rings. The third kappa shape index (κ3) is 6.31. The second-order valence-electron chi connectivity index (χ2n) is 2.99. The molecule has 0 unspecified atom stereocenters. The third-order valence-corrected chi connectivity index (χ3v) is 0.963. The van der Waals surface area contributed by atoms with E-state index >= 15 is 0 Å². The van der Waals surface area contributed by atoms with Crippen molar-refractivity contribution in [2.75, 3.05) is 12.9 Å². The van der Waals surface area contributed by atoms with Gasteiger partial charge in [-0.2, -0.15) is 0 Å². The molecule has 0 heterocycles. The van der Waals surface area contributed by atoms with Crippen LogP contribution in [-0.2, 0) is 4.18 Å². The Kier molecular flexibility index (Phi) is 3.49. The summed E-state index contributed by atoms with van der Waals surface area (Å²) in [7, 11) is 0. The maximum atomic E-state index is 5.11. The van der Waals surface area contributed by atoms with Crippen LogP contribution in [-0.4, -0.2) is 12.9 Å². The molecule has 0 amide bonds. The zero-order chi connectivity index (χ0) is 6.62. The van der Waals surface area contributed by atoms with Crippen LogP contribution in [0.5, 0.6) is 0 Å². The SMILES string of the molecule is CSOCC(C)(C)C. The molecule has 0 aliphatic carbocycles. The highest BCUT2D eigenvalue weighted by atomic mass is 32.2. The van der Waals surface area contributed by atoms with Crippen molar-refractivity contribution in [3.63, 3.8) is 0 Å². The van der Waals surface area contributed by atoms with E-state index in [0.29, 0.717) is 5.41 Å². The van der Waals surface area contributed by atoms with Crippen LogP contribution in [0.4, 0.5) is 0 Å². The summed E-state index contributed by atoms with van der Waals surface area (Å²) in [5.41, 5.74) is 0.309. The Hall–Kier alpha value is 0.310. The summed E-state index contributed by atoms with van der Waals surface area (Å²) >= 11 is 1.43. The van der Waals surface area contributed by atoms with Crippen molar-refractivity contribution in [1.29, 1.82) is 0 Å². The summed E-state index contributed by atoms with van der Waals surface area (Å²) in [5.74, 6) is 0. The van der Waals surface area contributed by atoms with Crippen LogP contribution in [0.1, 0.15) is 20.8 Å². The first-order valence-electron chi connectivity index (χ1n) is 2.72. The Labute approximate surface area is 56.0 Å². The van der Waals surface area contributed by atoms with Crippen molar-refractivity contribution in [3.8, 4) is 0 Å². The van der Waals surface area contributed by atoms with Gasteiger partial charge >= 0.3 is 0 Å². The van der Waals surface area contributed by atoms with Gasteiger partial charge in [0.05, 0.1) is 6.61 Å². The van der Waals surface area contributed by atoms with Crippen LogP contribution >= 0.6 is 12.0 Å². The van der Waals surface area contributed by atoms with Crippen LogP contribution in [0, 0.1) is 5.41 Å². The maximum Gasteiger partial charge on any atom is 0.0662 e. The minimum atomic E-state index is 0.309. The minimum Gasteiger partial charge on any atom is -0.315 e. The normalized spacial score (nSPS) is 12.0. The quantitative estimate of drug-likeness (QED) is 0.536. The highest BCUT2D eigenvalue weighted by Crippen LogP contribution is 2.15. The van der Waals surface area contributed by atoms with E-state index in [4.69, 9.17) is 4.18 Å². The molecule has 0 bridgehead atoms. The van der Waals surface area contributed by atoms with Crippen molar-refractivity contribution in [1.82, 2.24) is 0 Å². The lowest BCUT2D eigenvalue weighted by Crippen LogP contribution is -2.11. The highest BCUT2D eigenvalue weighted by molar-refractivity contribution is 7.93. The maximum absolute atomic E-state index is 5.11. The van der Waals surface area contributed by atoms with E-state index in [1.807, 2.05) is 6.26 Å². The summed E-state index contributed by atoms with van der Waals surface area (Å²) < 4.78 is 5.11. The fourth-order valence-electron chi connectivity index (χ4n) is 0.236. The molecule has 0 atom stereocenters. The molecule has 1 nitrogen and oxygen atoms in total. The summed E-state index contributed by atoms with van der Waals surface area (Å²) in [6.45, 7) is 7.30. The molecule has 0 N–H and O–H groups in total. The first-order chi connectivity index (χ1) is 3.56. The first kappa shape index (κ1) is 8.31. The molecule has 0 spiro atoms. The van der Waals surface area contributed by atoms with Crippen LogP contribution in [0.15, 0.2) is 0 Å². The van der Waals surface area contributed by atoms with Crippen LogP contribution in [0.25, 0.3) is 0 Å². The Balaban J connectivity index is 3.11. The van der Waals surface area contributed by atoms with E-state index in [1.54, 1.807) is 0 Å². The minimum absolute atomic E-state index is 0.309. The average Bonchev–Trinajstić information content (AvgIpc) is 1.59. The fraction of sp³-hybridized carbons (Fsp3) is 1.00. The zero-order valence-corrected chi connectivity index (χ0v) is 6.84. The van der Waals surface area contributed by atoms with E-state index in [1.165, 1.54) is 12.0 Å². The van der Waals surface area contributed by atoms with Crippen molar-refractivity contribution >= 4 is 12.0 Å². The third-order valence-electron chi connectivity index (χ3n) is 0.610. The monoisotopic (exact) mass is 134 g/mol. The summed E-state index contributed by atoms with van der Waals surface area (Å²) in [6.07, 6.45) is 1.94. The lowest BCUT2D eigenvalue weighted by Gasteiger charge is -2.15. The molecule has 0 aliphatic heterocycles. The van der Waals surface area contributed by atoms with Crippen molar-refractivity contribution in [2.24, 2.45) is 5.41 Å². The Morgan fingerprint density at radius 3 is 2.00 bits per heavy atom. The van der Waals surface area contributed by atoms with Gasteiger partial charge in [-0.15, -0.1) is 0 Å². The zero-order valence-electron chi connectivity index (χ0n) is 6.02. The van der Waals surface area contributed by atoms with Crippen LogP contribution < -0.4 is 0 Å². The number of rotatable bonds is 2. The van der Waals surface area contributed by atoms with Crippen LogP contribution in [0.2, 0.25) is 0 Å². The molecule has 50 valence electrons. The molecule has 8 heavy (non-hydrogen) atoms. The van der Waals surface area contributed by atoms with Gasteiger partial charge in [0.15, 0.2) is 0 Å². The largest absolute Gasteiger partial charge is 0.315 e. The predicted molar refractivity (Wildman–Crippen MR) is 38.9 cm³/mol. The Morgan fingerprint density at radius 1 is 1.38 bits per heavy atom. The van der Waals surface area contributed by atoms with Gasteiger partial charge in [0.25, 0.3) is 0 Å². The lowest BCUT2D eigenvalue weighted by atomic mass is 9.99. The second kappa shape index (κ2) is 3.36. The van der Waals surface area contributed by atoms with Gasteiger partial charge in [0.1, 0.15) is 0 Å². The van der Waals surface area contributed by atoms with Gasteiger partial charge in [-0.05, 0) is 17.5 Å². The number of hydrogen-bond donors (Lipinski definition) is 0. The smallest absolute Gasteiger partial charge is 0.0662 e. The molecule has 0 saturated carbocycles. The molecule has 0 radical (unpaired) electrons.